The van der Waals surface area contributed by atoms with E-state index in [1.807, 2.05) is 54.3 Å². The number of amides is 6. The molecule has 20 heteroatoms. The predicted molar refractivity (Wildman–Crippen MR) is 238 cm³/mol. The summed E-state index contributed by atoms with van der Waals surface area (Å²) in [6.07, 6.45) is 0.643. The van der Waals surface area contributed by atoms with Gasteiger partial charge in [-0.05, 0) is 90.6 Å². The standard InChI is InChI=1S/C44H45N9O10S/c1-3-39(54)51-13-10-24-28-21-34(49-31(28)4-7-36(24)51)41(56)53-15-12-26-29-22-35(50-32(29)6-9-38(26)53)42(57)52-14-11-25-27-20-33(48-30(27)5-8-37(25)52)40(55)46-23-47-44(59)63-17-19-64(60,61)18-16-62-43(58)45-2/h4-9,20-22,48-50H,3,10-19,23H2,1-2H3,(H,45,58)(H,46,55)(H,47,59). The van der Waals surface area contributed by atoms with Crippen molar-refractivity contribution in [3.8, 4) is 0 Å². The summed E-state index contributed by atoms with van der Waals surface area (Å²) in [5.41, 5.74) is 8.83. The lowest BCUT2D eigenvalue weighted by Gasteiger charge is -2.16. The average Bonchev–Trinajstić information content (AvgIpc) is 4.14. The number of sulfone groups is 1. The number of alkyl carbamates (subject to hydrolysis) is 2. The number of ether oxygens (including phenoxy) is 2. The largest absolute Gasteiger partial charge is 0.448 e. The zero-order valence-corrected chi connectivity index (χ0v) is 35.8. The van der Waals surface area contributed by atoms with Crippen LogP contribution in [0.4, 0.5) is 26.7 Å². The molecule has 19 nitrogen and oxygen atoms in total. The van der Waals surface area contributed by atoms with Gasteiger partial charge in [0.25, 0.3) is 17.7 Å². The van der Waals surface area contributed by atoms with Gasteiger partial charge in [0.2, 0.25) is 5.91 Å². The second kappa shape index (κ2) is 16.7. The quantitative estimate of drug-likeness (QED) is 0.0964. The highest BCUT2D eigenvalue weighted by atomic mass is 32.2. The molecule has 3 aromatic heterocycles. The highest BCUT2D eigenvalue weighted by Gasteiger charge is 2.33. The van der Waals surface area contributed by atoms with E-state index in [9.17, 15) is 37.2 Å². The van der Waals surface area contributed by atoms with E-state index < -0.39 is 46.0 Å². The van der Waals surface area contributed by atoms with Gasteiger partial charge in [0.1, 0.15) is 30.3 Å². The first-order valence-corrected chi connectivity index (χ1v) is 22.8. The maximum absolute atomic E-state index is 14.1. The lowest BCUT2D eigenvalue weighted by Crippen LogP contribution is -2.38. The third-order valence-corrected chi connectivity index (χ3v) is 13.6. The number of aromatic amines is 3. The number of rotatable bonds is 12. The number of nitrogens with zero attached hydrogens (tertiary/aromatic N) is 3. The van der Waals surface area contributed by atoms with Crippen LogP contribution >= 0.6 is 0 Å². The fourth-order valence-corrected chi connectivity index (χ4v) is 9.77. The van der Waals surface area contributed by atoms with E-state index in [0.717, 1.165) is 67.4 Å². The van der Waals surface area contributed by atoms with Crippen LogP contribution in [0.15, 0.2) is 54.6 Å². The number of aromatic nitrogens is 3. The van der Waals surface area contributed by atoms with Crippen LogP contribution in [0.3, 0.4) is 0 Å². The number of H-pyrrole nitrogens is 3. The van der Waals surface area contributed by atoms with Gasteiger partial charge in [-0.2, -0.15) is 0 Å². The second-order valence-electron chi connectivity index (χ2n) is 15.7. The summed E-state index contributed by atoms with van der Waals surface area (Å²) in [5.74, 6) is -1.69. The first kappa shape index (κ1) is 42.0. The van der Waals surface area contributed by atoms with Crippen LogP contribution in [0.5, 0.6) is 0 Å². The molecule has 0 aliphatic carbocycles. The number of anilines is 3. The smallest absolute Gasteiger partial charge is 0.408 e. The van der Waals surface area contributed by atoms with E-state index in [1.165, 1.54) is 7.05 Å². The minimum atomic E-state index is -3.64. The minimum Gasteiger partial charge on any atom is -0.448 e. The molecule has 64 heavy (non-hydrogen) atoms. The van der Waals surface area contributed by atoms with Crippen LogP contribution in [0.25, 0.3) is 32.7 Å². The van der Waals surface area contributed by atoms with Crippen molar-refractivity contribution in [3.63, 3.8) is 0 Å². The van der Waals surface area contributed by atoms with Gasteiger partial charge in [-0.25, -0.2) is 18.0 Å². The topological polar surface area (TPSA) is 248 Å². The summed E-state index contributed by atoms with van der Waals surface area (Å²) in [7, 11) is -2.30. The van der Waals surface area contributed by atoms with Crippen LogP contribution in [-0.2, 0) is 43.4 Å². The fraction of sp³-hybridized carbons (Fsp3) is 0.318. The van der Waals surface area contributed by atoms with Gasteiger partial charge in [-0.1, -0.05) is 6.92 Å². The SMILES string of the molecule is CCC(=O)N1CCc2c1ccc1[nH]c(C(=O)N3CCc4c3ccc3[nH]c(C(=O)N5CCc6c5ccc5[nH]c(C(=O)NCNC(=O)OCCS(=O)(=O)CCOC(=O)NC)cc65)cc43)cc21. The first-order chi connectivity index (χ1) is 30.8. The zero-order chi connectivity index (χ0) is 44.9. The third kappa shape index (κ3) is 7.73. The summed E-state index contributed by atoms with van der Waals surface area (Å²) in [5, 5.41) is 9.72. The summed E-state index contributed by atoms with van der Waals surface area (Å²) < 4.78 is 33.7. The molecule has 0 atom stereocenters. The molecule has 3 aromatic carbocycles. The van der Waals surface area contributed by atoms with Gasteiger partial charge in [0.15, 0.2) is 9.84 Å². The number of carbonyl (C=O) groups excluding carboxylic acids is 6. The molecule has 0 bridgehead atoms. The van der Waals surface area contributed by atoms with Crippen molar-refractivity contribution in [1.82, 2.24) is 30.9 Å². The number of benzene rings is 3. The Hall–Kier alpha value is -7.35. The third-order valence-electron chi connectivity index (χ3n) is 12.0. The molecular formula is C44H45N9O10S. The van der Waals surface area contributed by atoms with E-state index in [-0.39, 0.29) is 36.7 Å². The van der Waals surface area contributed by atoms with Crippen molar-refractivity contribution in [2.45, 2.75) is 32.6 Å². The van der Waals surface area contributed by atoms with Crippen molar-refractivity contribution in [3.05, 3.63) is 88.4 Å². The molecule has 0 unspecified atom stereocenters. The number of hydrogen-bond acceptors (Lipinski definition) is 10. The van der Waals surface area contributed by atoms with E-state index in [0.29, 0.717) is 55.8 Å². The fourth-order valence-electron chi connectivity index (χ4n) is 8.89. The molecule has 9 rings (SSSR count). The Labute approximate surface area is 365 Å². The van der Waals surface area contributed by atoms with Gasteiger partial charge in [-0.3, -0.25) is 19.2 Å². The van der Waals surface area contributed by atoms with Gasteiger partial charge < -0.3 is 55.1 Å². The number of hydrogen-bond donors (Lipinski definition) is 6. The van der Waals surface area contributed by atoms with E-state index in [2.05, 4.69) is 35.6 Å². The number of fused-ring (bicyclic) bond motifs is 9. The molecule has 6 heterocycles. The van der Waals surface area contributed by atoms with E-state index in [4.69, 9.17) is 4.74 Å². The van der Waals surface area contributed by atoms with Crippen molar-refractivity contribution < 1.29 is 46.7 Å². The zero-order valence-electron chi connectivity index (χ0n) is 35.0. The van der Waals surface area contributed by atoms with Crippen LogP contribution in [-0.4, -0.2) is 117 Å². The number of nitrogens with one attached hydrogen (secondary N) is 6. The van der Waals surface area contributed by atoms with Gasteiger partial charge in [-0.15, -0.1) is 0 Å². The Kier molecular flexibility index (Phi) is 11.0. The Balaban J connectivity index is 0.830. The van der Waals surface area contributed by atoms with Crippen molar-refractivity contribution in [2.75, 3.05) is 72.8 Å². The molecule has 3 aliphatic heterocycles. The summed E-state index contributed by atoms with van der Waals surface area (Å²) in [6.45, 7) is 2.33. The van der Waals surface area contributed by atoms with Crippen LogP contribution in [0.2, 0.25) is 0 Å². The molecule has 0 spiro atoms. The molecule has 0 fully saturated rings. The lowest BCUT2D eigenvalue weighted by atomic mass is 10.1. The Morgan fingerprint density at radius 3 is 1.53 bits per heavy atom. The van der Waals surface area contributed by atoms with Crippen molar-refractivity contribution in [1.29, 1.82) is 0 Å². The number of carbonyl (C=O) groups is 6. The highest BCUT2D eigenvalue weighted by molar-refractivity contribution is 7.91. The normalized spacial score (nSPS) is 14.2. The molecule has 6 N–H and O–H groups in total. The Morgan fingerprint density at radius 2 is 1.05 bits per heavy atom. The molecule has 3 aliphatic rings. The Morgan fingerprint density at radius 1 is 0.609 bits per heavy atom. The monoisotopic (exact) mass is 891 g/mol. The molecule has 0 radical (unpaired) electrons. The van der Waals surface area contributed by atoms with E-state index in [1.54, 1.807) is 21.9 Å². The maximum Gasteiger partial charge on any atom is 0.408 e. The molecule has 6 amide bonds. The van der Waals surface area contributed by atoms with Crippen molar-refractivity contribution in [2.24, 2.45) is 0 Å². The predicted octanol–water partition coefficient (Wildman–Crippen LogP) is 4.02. The molecule has 0 saturated carbocycles. The molecule has 332 valence electrons. The second-order valence-corrected chi connectivity index (χ2v) is 18.0. The van der Waals surface area contributed by atoms with E-state index >= 15 is 0 Å². The van der Waals surface area contributed by atoms with Crippen LogP contribution in [0.1, 0.15) is 61.5 Å². The summed E-state index contributed by atoms with van der Waals surface area (Å²) in [6, 6.07) is 16.8. The average molecular weight is 892 g/mol. The van der Waals surface area contributed by atoms with Gasteiger partial charge >= 0.3 is 12.2 Å². The van der Waals surface area contributed by atoms with Gasteiger partial charge in [0.05, 0.1) is 18.2 Å². The van der Waals surface area contributed by atoms with Gasteiger partial charge in [0, 0.05) is 82.9 Å². The highest BCUT2D eigenvalue weighted by Crippen LogP contribution is 2.40. The first-order valence-electron chi connectivity index (χ1n) is 21.0. The van der Waals surface area contributed by atoms with Crippen LogP contribution < -0.4 is 30.7 Å². The minimum absolute atomic E-state index is 0.0802. The molecular weight excluding hydrogens is 847 g/mol. The summed E-state index contributed by atoms with van der Waals surface area (Å²) >= 11 is 0. The van der Waals surface area contributed by atoms with Crippen LogP contribution in [0, 0.1) is 0 Å². The lowest BCUT2D eigenvalue weighted by molar-refractivity contribution is -0.118. The molecule has 0 saturated heterocycles. The summed E-state index contributed by atoms with van der Waals surface area (Å²) in [4.78, 5) is 91.9. The molecule has 6 aromatic rings. The maximum atomic E-state index is 14.1. The van der Waals surface area contributed by atoms with Crippen molar-refractivity contribution >= 4 is 95.4 Å². The Bertz CT molecular complexity index is 3040.